The molecular formula is C17H30N2O11. The SMILES string of the molecule is COC[C@@H](COCC(=O)OC(C)OC(=O)NC[C@H](CC(=O)O)CC(C)C)O[N+](=O)[O-]. The Kier molecular flexibility index (Phi) is 13.9. The van der Waals surface area contributed by atoms with Crippen LogP contribution in [-0.2, 0) is 33.4 Å². The van der Waals surface area contributed by atoms with E-state index in [1.165, 1.54) is 14.0 Å². The number of esters is 1. The summed E-state index contributed by atoms with van der Waals surface area (Å²) in [6.07, 6.45) is -2.59. The van der Waals surface area contributed by atoms with E-state index in [4.69, 9.17) is 24.1 Å². The quantitative estimate of drug-likeness (QED) is 0.152. The number of rotatable bonds is 16. The first-order valence-electron chi connectivity index (χ1n) is 9.27. The van der Waals surface area contributed by atoms with Gasteiger partial charge in [0.2, 0.25) is 6.29 Å². The van der Waals surface area contributed by atoms with Crippen LogP contribution in [0.3, 0.4) is 0 Å². The molecule has 0 bridgehead atoms. The summed E-state index contributed by atoms with van der Waals surface area (Å²) in [5.41, 5.74) is 0. The molecule has 13 nitrogen and oxygen atoms in total. The fraction of sp³-hybridized carbons (Fsp3) is 0.824. The lowest BCUT2D eigenvalue weighted by atomic mass is 9.94. The summed E-state index contributed by atoms with van der Waals surface area (Å²) in [6.45, 7) is 4.34. The van der Waals surface area contributed by atoms with Crippen molar-refractivity contribution in [1.29, 1.82) is 0 Å². The Morgan fingerprint density at radius 1 is 1.13 bits per heavy atom. The van der Waals surface area contributed by atoms with Crippen molar-refractivity contribution in [3.63, 3.8) is 0 Å². The smallest absolute Gasteiger partial charge is 0.410 e. The van der Waals surface area contributed by atoms with Crippen molar-refractivity contribution in [2.45, 2.75) is 46.0 Å². The van der Waals surface area contributed by atoms with E-state index in [0.717, 1.165) is 0 Å². The average Bonchev–Trinajstić information content (AvgIpc) is 2.58. The molecule has 0 spiro atoms. The highest BCUT2D eigenvalue weighted by Gasteiger charge is 2.19. The van der Waals surface area contributed by atoms with Gasteiger partial charge < -0.3 is 34.2 Å². The normalized spacial score (nSPS) is 13.8. The molecule has 1 amide bonds. The molecule has 3 atom stereocenters. The number of hydrogen-bond acceptors (Lipinski definition) is 10. The van der Waals surface area contributed by atoms with Crippen LogP contribution >= 0.6 is 0 Å². The van der Waals surface area contributed by atoms with Gasteiger partial charge in [-0.15, -0.1) is 10.1 Å². The van der Waals surface area contributed by atoms with Crippen LogP contribution in [0.5, 0.6) is 0 Å². The van der Waals surface area contributed by atoms with Gasteiger partial charge in [0.05, 0.1) is 13.2 Å². The monoisotopic (exact) mass is 438 g/mol. The first-order valence-corrected chi connectivity index (χ1v) is 9.27. The summed E-state index contributed by atoms with van der Waals surface area (Å²) in [5, 5.41) is 20.7. The topological polar surface area (TPSA) is 173 Å². The van der Waals surface area contributed by atoms with Gasteiger partial charge in [-0.2, -0.15) is 0 Å². The lowest BCUT2D eigenvalue weighted by Crippen LogP contribution is -2.35. The maximum absolute atomic E-state index is 11.8. The highest BCUT2D eigenvalue weighted by molar-refractivity contribution is 5.71. The number of carboxylic acids is 1. The summed E-state index contributed by atoms with van der Waals surface area (Å²) in [5.74, 6) is -1.83. The summed E-state index contributed by atoms with van der Waals surface area (Å²) >= 11 is 0. The molecular weight excluding hydrogens is 408 g/mol. The van der Waals surface area contributed by atoms with Crippen molar-refractivity contribution in [1.82, 2.24) is 5.32 Å². The summed E-state index contributed by atoms with van der Waals surface area (Å²) in [6, 6.07) is 0. The van der Waals surface area contributed by atoms with Crippen molar-refractivity contribution in [3.05, 3.63) is 10.1 Å². The zero-order chi connectivity index (χ0) is 23.1. The third-order valence-corrected chi connectivity index (χ3v) is 3.48. The zero-order valence-corrected chi connectivity index (χ0v) is 17.5. The van der Waals surface area contributed by atoms with Gasteiger partial charge >= 0.3 is 18.0 Å². The highest BCUT2D eigenvalue weighted by atomic mass is 17.0. The van der Waals surface area contributed by atoms with E-state index in [9.17, 15) is 24.5 Å². The first-order chi connectivity index (χ1) is 14.0. The molecule has 0 aromatic heterocycles. The van der Waals surface area contributed by atoms with E-state index >= 15 is 0 Å². The van der Waals surface area contributed by atoms with Crippen LogP contribution in [0.25, 0.3) is 0 Å². The lowest BCUT2D eigenvalue weighted by molar-refractivity contribution is -0.769. The van der Waals surface area contributed by atoms with Gasteiger partial charge in [0.25, 0.3) is 5.09 Å². The Balaban J connectivity index is 4.23. The third kappa shape index (κ3) is 15.3. The number of nitrogens with one attached hydrogen (secondary N) is 1. The van der Waals surface area contributed by atoms with Crippen molar-refractivity contribution in [2.75, 3.05) is 33.5 Å². The van der Waals surface area contributed by atoms with Gasteiger partial charge in [-0.05, 0) is 18.3 Å². The first kappa shape index (κ1) is 27.3. The van der Waals surface area contributed by atoms with Gasteiger partial charge in [-0.1, -0.05) is 13.8 Å². The number of amides is 1. The standard InChI is InChI=1S/C17H30N2O11/c1-11(2)5-13(6-15(20)21)7-18-17(23)29-12(3)28-16(22)10-27-9-14(8-26-4)30-19(24)25/h11-14H,5-10H2,1-4H3,(H,18,23)(H,20,21)/t12?,13-,14-/m0/s1. The molecule has 0 aromatic rings. The van der Waals surface area contributed by atoms with Crippen LogP contribution in [0.1, 0.15) is 33.6 Å². The minimum atomic E-state index is -1.23. The number of carbonyl (C=O) groups excluding carboxylic acids is 2. The molecule has 0 aromatic carbocycles. The van der Waals surface area contributed by atoms with E-state index in [0.29, 0.717) is 6.42 Å². The van der Waals surface area contributed by atoms with Gasteiger partial charge in [-0.3, -0.25) is 4.79 Å². The molecule has 0 radical (unpaired) electrons. The van der Waals surface area contributed by atoms with Gasteiger partial charge in [0.1, 0.15) is 6.61 Å². The predicted octanol–water partition coefficient (Wildman–Crippen LogP) is 0.979. The second-order valence-corrected chi connectivity index (χ2v) is 6.86. The minimum absolute atomic E-state index is 0.0927. The largest absolute Gasteiger partial charge is 0.481 e. The van der Waals surface area contributed by atoms with E-state index in [1.807, 2.05) is 13.8 Å². The van der Waals surface area contributed by atoms with E-state index in [-0.39, 0.29) is 38.0 Å². The Labute approximate surface area is 174 Å². The van der Waals surface area contributed by atoms with Crippen molar-refractivity contribution >= 4 is 18.0 Å². The van der Waals surface area contributed by atoms with Crippen LogP contribution in [0.4, 0.5) is 4.79 Å². The molecule has 1 unspecified atom stereocenters. The second-order valence-electron chi connectivity index (χ2n) is 6.86. The maximum Gasteiger partial charge on any atom is 0.410 e. The second kappa shape index (κ2) is 15.2. The number of methoxy groups -OCH3 is 1. The van der Waals surface area contributed by atoms with E-state index in [1.54, 1.807) is 0 Å². The Morgan fingerprint density at radius 3 is 2.33 bits per heavy atom. The fourth-order valence-electron chi connectivity index (χ4n) is 2.51. The minimum Gasteiger partial charge on any atom is -0.481 e. The zero-order valence-electron chi connectivity index (χ0n) is 17.5. The molecule has 0 fully saturated rings. The van der Waals surface area contributed by atoms with E-state index in [2.05, 4.69) is 10.2 Å². The summed E-state index contributed by atoms with van der Waals surface area (Å²) in [7, 11) is 1.32. The molecule has 0 rings (SSSR count). The number of nitrogens with zero attached hydrogens (tertiary/aromatic N) is 1. The number of carbonyl (C=O) groups is 3. The Bertz CT molecular complexity index is 556. The molecule has 174 valence electrons. The van der Waals surface area contributed by atoms with Crippen LogP contribution < -0.4 is 5.32 Å². The number of ether oxygens (including phenoxy) is 4. The molecule has 13 heteroatoms. The highest BCUT2D eigenvalue weighted by Crippen LogP contribution is 2.14. The van der Waals surface area contributed by atoms with Gasteiger partial charge in [0, 0.05) is 27.0 Å². The van der Waals surface area contributed by atoms with Crippen LogP contribution in [0.15, 0.2) is 0 Å². The average molecular weight is 438 g/mol. The van der Waals surface area contributed by atoms with Crippen molar-refractivity contribution in [3.8, 4) is 0 Å². The molecule has 30 heavy (non-hydrogen) atoms. The van der Waals surface area contributed by atoms with Gasteiger partial charge in [0.15, 0.2) is 6.10 Å². The molecule has 0 heterocycles. The fourth-order valence-corrected chi connectivity index (χ4v) is 2.51. The third-order valence-electron chi connectivity index (χ3n) is 3.48. The molecule has 0 aliphatic carbocycles. The number of aliphatic carboxylic acids is 1. The van der Waals surface area contributed by atoms with Crippen molar-refractivity contribution < 1.29 is 48.4 Å². The van der Waals surface area contributed by atoms with Crippen LogP contribution in [-0.4, -0.2) is 74.1 Å². The molecule has 0 saturated heterocycles. The predicted molar refractivity (Wildman–Crippen MR) is 99.8 cm³/mol. The molecule has 0 saturated carbocycles. The summed E-state index contributed by atoms with van der Waals surface area (Å²) in [4.78, 5) is 49.0. The number of hydrogen-bond donors (Lipinski definition) is 2. The number of alkyl carbamates (subject to hydrolysis) is 1. The molecule has 0 aliphatic rings. The van der Waals surface area contributed by atoms with Gasteiger partial charge in [-0.25, -0.2) is 9.59 Å². The number of carboxylic acid groups (broad SMARTS) is 1. The van der Waals surface area contributed by atoms with Crippen molar-refractivity contribution in [2.24, 2.45) is 11.8 Å². The summed E-state index contributed by atoms with van der Waals surface area (Å²) < 4.78 is 19.4. The Hall–Kier alpha value is -2.67. The molecule has 0 aliphatic heterocycles. The molecule has 2 N–H and O–H groups in total. The lowest BCUT2D eigenvalue weighted by Gasteiger charge is -2.19. The maximum atomic E-state index is 11.8. The van der Waals surface area contributed by atoms with Crippen LogP contribution in [0.2, 0.25) is 0 Å². The van der Waals surface area contributed by atoms with Crippen LogP contribution in [0, 0.1) is 22.0 Å². The Morgan fingerprint density at radius 2 is 1.80 bits per heavy atom. The van der Waals surface area contributed by atoms with E-state index < -0.39 is 42.1 Å².